The van der Waals surface area contributed by atoms with E-state index in [1.54, 1.807) is 0 Å². The van der Waals surface area contributed by atoms with Crippen LogP contribution in [0.5, 0.6) is 0 Å². The predicted molar refractivity (Wildman–Crippen MR) is 50.0 cm³/mol. The van der Waals surface area contributed by atoms with E-state index >= 15 is 0 Å². The summed E-state index contributed by atoms with van der Waals surface area (Å²) in [5, 5.41) is -0.110. The van der Waals surface area contributed by atoms with Gasteiger partial charge in [-0.15, -0.1) is 0 Å². The Morgan fingerprint density at radius 2 is 2.00 bits per heavy atom. The van der Waals surface area contributed by atoms with E-state index in [1.807, 2.05) is 0 Å². The van der Waals surface area contributed by atoms with Crippen LogP contribution in [-0.4, -0.2) is 55.6 Å². The quantitative estimate of drug-likeness (QED) is 0.418. The van der Waals surface area contributed by atoms with Crippen LogP contribution < -0.4 is 0 Å². The molecule has 0 radical (unpaired) electrons. The van der Waals surface area contributed by atoms with Crippen LogP contribution in [0.15, 0.2) is 0 Å². The van der Waals surface area contributed by atoms with Crippen LogP contribution in [0.3, 0.4) is 0 Å². The first kappa shape index (κ1) is 14.2. The Morgan fingerprint density at radius 3 is 2.30 bits per heavy atom. The molecule has 0 aromatic rings. The van der Waals surface area contributed by atoms with Crippen LogP contribution in [0.25, 0.3) is 0 Å². The van der Waals surface area contributed by atoms with Crippen molar-refractivity contribution in [3.05, 3.63) is 0 Å². The SMILES string of the molecule is O=[SH](=O)OCC(S)CS.[NaH]. The first-order valence-corrected chi connectivity index (χ1v) is 4.47. The summed E-state index contributed by atoms with van der Waals surface area (Å²) >= 11 is 7.80. The van der Waals surface area contributed by atoms with Gasteiger partial charge in [-0.3, -0.25) is 4.18 Å². The first-order valence-electron chi connectivity index (χ1n) is 2.23. The summed E-state index contributed by atoms with van der Waals surface area (Å²) in [5.74, 6) is 0.506. The van der Waals surface area contributed by atoms with Crippen LogP contribution in [0, 0.1) is 0 Å². The van der Waals surface area contributed by atoms with Crippen molar-refractivity contribution in [3.8, 4) is 0 Å². The van der Waals surface area contributed by atoms with E-state index in [2.05, 4.69) is 29.4 Å². The summed E-state index contributed by atoms with van der Waals surface area (Å²) in [6, 6.07) is 0. The molecular formula is C3H9NaO3S3. The molecule has 0 saturated heterocycles. The molecule has 7 heteroatoms. The second-order valence-electron chi connectivity index (χ2n) is 1.36. The zero-order chi connectivity index (χ0) is 7.28. The third kappa shape index (κ3) is 9.61. The van der Waals surface area contributed by atoms with Crippen molar-refractivity contribution in [2.75, 3.05) is 12.4 Å². The molecule has 0 aliphatic rings. The van der Waals surface area contributed by atoms with Crippen LogP contribution in [0.1, 0.15) is 0 Å². The average molecular weight is 212 g/mol. The second kappa shape index (κ2) is 8.70. The molecule has 0 N–H and O–H groups in total. The maximum absolute atomic E-state index is 9.78. The van der Waals surface area contributed by atoms with Crippen LogP contribution in [-0.2, 0) is 15.2 Å². The molecule has 0 rings (SSSR count). The molecule has 0 aliphatic heterocycles. The van der Waals surface area contributed by atoms with Crippen molar-refractivity contribution >= 4 is 65.8 Å². The fourth-order valence-corrected chi connectivity index (χ4v) is 0.799. The Kier molecular flexibility index (Phi) is 12.3. The van der Waals surface area contributed by atoms with Gasteiger partial charge in [-0.25, -0.2) is 8.42 Å². The maximum atomic E-state index is 9.78. The van der Waals surface area contributed by atoms with E-state index in [0.717, 1.165) is 0 Å². The van der Waals surface area contributed by atoms with Gasteiger partial charge in [-0.1, -0.05) is 0 Å². The van der Waals surface area contributed by atoms with Gasteiger partial charge in [0, 0.05) is 11.0 Å². The normalized spacial score (nSPS) is 12.7. The van der Waals surface area contributed by atoms with Crippen molar-refractivity contribution in [1.29, 1.82) is 0 Å². The van der Waals surface area contributed by atoms with Gasteiger partial charge in [0.05, 0.1) is 6.61 Å². The van der Waals surface area contributed by atoms with Gasteiger partial charge in [0.2, 0.25) is 0 Å². The van der Waals surface area contributed by atoms with Crippen LogP contribution in [0.2, 0.25) is 0 Å². The molecule has 0 bridgehead atoms. The Balaban J connectivity index is 0. The fourth-order valence-electron chi connectivity index (χ4n) is 0.200. The summed E-state index contributed by atoms with van der Waals surface area (Å²) in [4.78, 5) is 0. The minimum atomic E-state index is -2.72. The number of hydrogen-bond acceptors (Lipinski definition) is 5. The van der Waals surface area contributed by atoms with Crippen molar-refractivity contribution in [2.45, 2.75) is 5.25 Å². The van der Waals surface area contributed by atoms with Crippen LogP contribution in [0.4, 0.5) is 0 Å². The average Bonchev–Trinajstić information content (AvgIpc) is 1.83. The summed E-state index contributed by atoms with van der Waals surface area (Å²) in [5.41, 5.74) is 0. The van der Waals surface area contributed by atoms with Gasteiger partial charge in [0.25, 0.3) is 11.0 Å². The monoisotopic (exact) mass is 212 g/mol. The molecule has 10 heavy (non-hydrogen) atoms. The molecule has 3 nitrogen and oxygen atoms in total. The molecule has 0 aliphatic carbocycles. The van der Waals surface area contributed by atoms with E-state index in [0.29, 0.717) is 5.75 Å². The third-order valence-electron chi connectivity index (χ3n) is 0.583. The van der Waals surface area contributed by atoms with E-state index in [-0.39, 0.29) is 41.4 Å². The van der Waals surface area contributed by atoms with E-state index in [9.17, 15) is 8.42 Å². The Morgan fingerprint density at radius 1 is 1.50 bits per heavy atom. The third-order valence-corrected chi connectivity index (χ3v) is 2.00. The Hall–Kier alpha value is 1.61. The molecule has 58 valence electrons. The fraction of sp³-hybridized carbons (Fsp3) is 1.00. The van der Waals surface area contributed by atoms with Crippen LogP contribution >= 0.6 is 25.3 Å². The van der Waals surface area contributed by atoms with Crippen molar-refractivity contribution in [3.63, 3.8) is 0 Å². The molecule has 0 amide bonds. The Labute approximate surface area is 95.2 Å². The zero-order valence-electron chi connectivity index (χ0n) is 4.56. The molecule has 0 fully saturated rings. The van der Waals surface area contributed by atoms with Gasteiger partial charge in [-0.05, 0) is 0 Å². The number of rotatable bonds is 4. The van der Waals surface area contributed by atoms with Gasteiger partial charge >= 0.3 is 29.6 Å². The van der Waals surface area contributed by atoms with Gasteiger partial charge in [0.1, 0.15) is 0 Å². The zero-order valence-corrected chi connectivity index (χ0v) is 7.24. The first-order chi connectivity index (χ1) is 4.16. The molecule has 0 spiro atoms. The van der Waals surface area contributed by atoms with Crippen molar-refractivity contribution in [2.24, 2.45) is 0 Å². The predicted octanol–water partition coefficient (Wildman–Crippen LogP) is -0.891. The van der Waals surface area contributed by atoms with Crippen molar-refractivity contribution in [1.82, 2.24) is 0 Å². The number of thiol groups is 3. The molecule has 0 heterocycles. The molecule has 1 atom stereocenters. The van der Waals surface area contributed by atoms with E-state index in [4.69, 9.17) is 0 Å². The second-order valence-corrected chi connectivity index (χ2v) is 3.16. The number of hydrogen-bond donors (Lipinski definition) is 3. The summed E-state index contributed by atoms with van der Waals surface area (Å²) < 4.78 is 23.8. The minimum absolute atomic E-state index is 0. The summed E-state index contributed by atoms with van der Waals surface area (Å²) in [6.07, 6.45) is 0. The summed E-state index contributed by atoms with van der Waals surface area (Å²) in [7, 11) is -2.72. The topological polar surface area (TPSA) is 43.4 Å². The van der Waals surface area contributed by atoms with Gasteiger partial charge < -0.3 is 0 Å². The molecule has 0 aromatic heterocycles. The van der Waals surface area contributed by atoms with Gasteiger partial charge in [-0.2, -0.15) is 25.3 Å². The molecule has 0 aromatic carbocycles. The molecule has 1 unspecified atom stereocenters. The summed E-state index contributed by atoms with van der Waals surface area (Å²) in [6.45, 7) is 0.102. The molecule has 0 saturated carbocycles. The van der Waals surface area contributed by atoms with E-state index < -0.39 is 11.0 Å². The van der Waals surface area contributed by atoms with E-state index in [1.165, 1.54) is 0 Å². The van der Waals surface area contributed by atoms with Gasteiger partial charge in [0.15, 0.2) is 0 Å². The Bertz CT molecular complexity index is 129. The molecular weight excluding hydrogens is 203 g/mol. The van der Waals surface area contributed by atoms with Crippen molar-refractivity contribution < 1.29 is 12.6 Å². The standard InChI is InChI=1S/C3H8O3S3.Na.H/c4-9(5)6-1-3(8)2-7;;/h3,7-9H,1-2H2;;.